The van der Waals surface area contributed by atoms with E-state index < -0.39 is 17.9 Å². The fraction of sp³-hybridized carbons (Fsp3) is 0.704. The van der Waals surface area contributed by atoms with Gasteiger partial charge in [-0.3, -0.25) is 9.59 Å². The number of aliphatic carboxylic acids is 2. The summed E-state index contributed by atoms with van der Waals surface area (Å²) in [5.74, 6) is -3.62. The molecular weight excluding hydrogens is 404 g/mol. The Balaban J connectivity index is 1.94. The van der Waals surface area contributed by atoms with E-state index in [1.54, 1.807) is 12.1 Å². The molecule has 0 saturated carbocycles. The van der Waals surface area contributed by atoms with Crippen molar-refractivity contribution in [3.8, 4) is 5.75 Å². The van der Waals surface area contributed by atoms with Crippen molar-refractivity contribution < 1.29 is 24.5 Å². The van der Waals surface area contributed by atoms with Crippen molar-refractivity contribution in [2.75, 3.05) is 6.61 Å². The molecule has 0 fully saturated rings. The molecule has 0 saturated heterocycles. The maximum Gasteiger partial charge on any atom is 0.322 e. The maximum atomic E-state index is 11.1. The van der Waals surface area contributed by atoms with E-state index in [-0.39, 0.29) is 5.56 Å². The van der Waals surface area contributed by atoms with Crippen molar-refractivity contribution in [1.82, 2.24) is 0 Å². The van der Waals surface area contributed by atoms with Crippen LogP contribution >= 0.6 is 0 Å². The molecule has 0 aliphatic carbocycles. The summed E-state index contributed by atoms with van der Waals surface area (Å²) in [6.45, 7) is 2.89. The lowest BCUT2D eigenvalue weighted by Gasteiger charge is -2.10. The van der Waals surface area contributed by atoms with E-state index in [9.17, 15) is 9.59 Å². The quantitative estimate of drug-likeness (QED) is 0.150. The highest BCUT2D eigenvalue weighted by Gasteiger charge is 2.27. The molecule has 0 radical (unpaired) electrons. The number of ether oxygens (including phenoxy) is 1. The number of hydrogen-bond acceptors (Lipinski definition) is 3. The Morgan fingerprint density at radius 3 is 1.41 bits per heavy atom. The molecule has 0 amide bonds. The minimum Gasteiger partial charge on any atom is -0.494 e. The molecule has 1 aromatic rings. The number of hydrogen-bond donors (Lipinski definition) is 2. The van der Waals surface area contributed by atoms with Gasteiger partial charge in [0, 0.05) is 0 Å². The molecule has 0 atom stereocenters. The van der Waals surface area contributed by atoms with Crippen LogP contribution < -0.4 is 4.74 Å². The first-order chi connectivity index (χ1) is 15.6. The lowest BCUT2D eigenvalue weighted by molar-refractivity contribution is -0.150. The molecule has 1 rings (SSSR count). The average Bonchev–Trinajstić information content (AvgIpc) is 2.76. The largest absolute Gasteiger partial charge is 0.494 e. The van der Waals surface area contributed by atoms with Crippen LogP contribution in [0.15, 0.2) is 24.3 Å². The van der Waals surface area contributed by atoms with Crippen LogP contribution in [0.3, 0.4) is 0 Å². The van der Waals surface area contributed by atoms with Gasteiger partial charge in [-0.05, 0) is 24.1 Å². The summed E-state index contributed by atoms with van der Waals surface area (Å²) < 4.78 is 5.69. The molecule has 0 aliphatic rings. The van der Waals surface area contributed by atoms with Crippen molar-refractivity contribution >= 4 is 11.9 Å². The number of carboxylic acid groups (broad SMARTS) is 2. The number of carbonyl (C=O) groups is 2. The van der Waals surface area contributed by atoms with E-state index in [1.807, 2.05) is 0 Å². The highest BCUT2D eigenvalue weighted by Crippen LogP contribution is 2.21. The number of carboxylic acids is 2. The van der Waals surface area contributed by atoms with Crippen LogP contribution in [0.5, 0.6) is 5.75 Å². The van der Waals surface area contributed by atoms with Crippen LogP contribution in [0.4, 0.5) is 0 Å². The van der Waals surface area contributed by atoms with Crippen molar-refractivity contribution in [2.24, 2.45) is 0 Å². The van der Waals surface area contributed by atoms with Gasteiger partial charge in [-0.1, -0.05) is 115 Å². The normalized spacial score (nSPS) is 11.1. The van der Waals surface area contributed by atoms with Gasteiger partial charge in [0.25, 0.3) is 0 Å². The second-order valence-electron chi connectivity index (χ2n) is 8.83. The molecule has 5 heteroatoms. The summed E-state index contributed by atoms with van der Waals surface area (Å²) in [5.41, 5.74) is 0.250. The van der Waals surface area contributed by atoms with Crippen LogP contribution in [0.1, 0.15) is 121 Å². The smallest absolute Gasteiger partial charge is 0.322 e. The molecule has 182 valence electrons. The Labute approximate surface area is 194 Å². The SMILES string of the molecule is CCCCCCCCCCCCCCCCCCOc1ccc(C(C(=O)O)C(=O)O)cc1. The predicted octanol–water partition coefficient (Wildman–Crippen LogP) is 7.58. The third-order valence-electron chi connectivity index (χ3n) is 5.97. The van der Waals surface area contributed by atoms with E-state index >= 15 is 0 Å². The fourth-order valence-electron chi connectivity index (χ4n) is 3.99. The van der Waals surface area contributed by atoms with Crippen LogP contribution in [0.25, 0.3) is 0 Å². The molecular formula is C27H44O5. The lowest BCUT2D eigenvalue weighted by Crippen LogP contribution is -2.20. The zero-order valence-corrected chi connectivity index (χ0v) is 20.0. The van der Waals surface area contributed by atoms with Gasteiger partial charge in [-0.15, -0.1) is 0 Å². The van der Waals surface area contributed by atoms with Gasteiger partial charge in [-0.2, -0.15) is 0 Å². The van der Waals surface area contributed by atoms with E-state index in [0.29, 0.717) is 12.4 Å². The van der Waals surface area contributed by atoms with Gasteiger partial charge < -0.3 is 14.9 Å². The van der Waals surface area contributed by atoms with Gasteiger partial charge in [0.15, 0.2) is 5.92 Å². The van der Waals surface area contributed by atoms with Gasteiger partial charge in [0.2, 0.25) is 0 Å². The van der Waals surface area contributed by atoms with Crippen LogP contribution in [-0.2, 0) is 9.59 Å². The van der Waals surface area contributed by atoms with Crippen LogP contribution in [-0.4, -0.2) is 28.8 Å². The summed E-state index contributed by atoms with van der Waals surface area (Å²) >= 11 is 0. The van der Waals surface area contributed by atoms with Crippen molar-refractivity contribution in [3.05, 3.63) is 29.8 Å². The third-order valence-corrected chi connectivity index (χ3v) is 5.97. The molecule has 0 heterocycles. The van der Waals surface area contributed by atoms with Crippen molar-refractivity contribution in [2.45, 2.75) is 116 Å². The highest BCUT2D eigenvalue weighted by atomic mass is 16.5. The second kappa shape index (κ2) is 18.5. The summed E-state index contributed by atoms with van der Waals surface area (Å²) in [4.78, 5) is 22.1. The summed E-state index contributed by atoms with van der Waals surface area (Å²) in [6.07, 6.45) is 21.3. The highest BCUT2D eigenvalue weighted by molar-refractivity contribution is 5.98. The Morgan fingerprint density at radius 1 is 0.656 bits per heavy atom. The maximum absolute atomic E-state index is 11.1. The third kappa shape index (κ3) is 13.4. The predicted molar refractivity (Wildman–Crippen MR) is 129 cm³/mol. The molecule has 0 spiro atoms. The lowest BCUT2D eigenvalue weighted by atomic mass is 9.99. The fourth-order valence-corrected chi connectivity index (χ4v) is 3.99. The van der Waals surface area contributed by atoms with Crippen LogP contribution in [0.2, 0.25) is 0 Å². The Bertz CT molecular complexity index is 597. The summed E-state index contributed by atoms with van der Waals surface area (Å²) in [5, 5.41) is 18.0. The standard InChI is InChI=1S/C27H44O5/c1-2-3-4-5-6-7-8-9-10-11-12-13-14-15-16-17-22-32-24-20-18-23(19-21-24)25(26(28)29)27(30)31/h18-21,25H,2-17,22H2,1H3,(H,28,29)(H,30,31). The molecule has 0 unspecified atom stereocenters. The van der Waals surface area contributed by atoms with Gasteiger partial charge in [0.1, 0.15) is 5.75 Å². The zero-order valence-electron chi connectivity index (χ0n) is 20.0. The van der Waals surface area contributed by atoms with Gasteiger partial charge >= 0.3 is 11.9 Å². The molecule has 1 aromatic carbocycles. The molecule has 0 bridgehead atoms. The van der Waals surface area contributed by atoms with Crippen LogP contribution in [0, 0.1) is 0 Å². The van der Waals surface area contributed by atoms with Gasteiger partial charge in [0.05, 0.1) is 6.61 Å². The molecule has 0 aromatic heterocycles. The Hall–Kier alpha value is -2.04. The van der Waals surface area contributed by atoms with E-state index in [2.05, 4.69) is 6.92 Å². The summed E-state index contributed by atoms with van der Waals surface area (Å²) in [7, 11) is 0. The molecule has 32 heavy (non-hydrogen) atoms. The molecule has 0 aliphatic heterocycles. The van der Waals surface area contributed by atoms with Crippen molar-refractivity contribution in [1.29, 1.82) is 0 Å². The average molecular weight is 449 g/mol. The Kier molecular flexibility index (Phi) is 16.2. The van der Waals surface area contributed by atoms with E-state index in [1.165, 1.54) is 102 Å². The first kappa shape index (κ1) is 28.0. The molecule has 5 nitrogen and oxygen atoms in total. The first-order valence-corrected chi connectivity index (χ1v) is 12.7. The minimum absolute atomic E-state index is 0.250. The van der Waals surface area contributed by atoms with Gasteiger partial charge in [-0.25, -0.2) is 0 Å². The number of unbranched alkanes of at least 4 members (excludes halogenated alkanes) is 15. The zero-order chi connectivity index (χ0) is 23.4. The monoisotopic (exact) mass is 448 g/mol. The second-order valence-corrected chi connectivity index (χ2v) is 8.83. The Morgan fingerprint density at radius 2 is 1.03 bits per heavy atom. The summed E-state index contributed by atoms with van der Waals surface area (Å²) in [6, 6.07) is 6.30. The van der Waals surface area contributed by atoms with E-state index in [4.69, 9.17) is 14.9 Å². The molecule has 2 N–H and O–H groups in total. The first-order valence-electron chi connectivity index (χ1n) is 12.7. The van der Waals surface area contributed by atoms with Crippen molar-refractivity contribution in [3.63, 3.8) is 0 Å². The van der Waals surface area contributed by atoms with E-state index in [0.717, 1.165) is 12.8 Å². The number of rotatable bonds is 21. The number of benzene rings is 1. The topological polar surface area (TPSA) is 83.8 Å². The minimum atomic E-state index is -1.54.